The summed E-state index contributed by atoms with van der Waals surface area (Å²) in [6, 6.07) is 0.634. The summed E-state index contributed by atoms with van der Waals surface area (Å²) >= 11 is 2.19. The Balaban J connectivity index is 1.95. The third-order valence-electron chi connectivity index (χ3n) is 4.39. The van der Waals surface area contributed by atoms with Crippen LogP contribution in [-0.2, 0) is 0 Å². The van der Waals surface area contributed by atoms with E-state index in [9.17, 15) is 0 Å². The Morgan fingerprint density at radius 2 is 2.11 bits per heavy atom. The Kier molecular flexibility index (Phi) is 4.66. The quantitative estimate of drug-likeness (QED) is 0.830. The lowest BCUT2D eigenvalue weighted by Crippen LogP contribution is -2.48. The van der Waals surface area contributed by atoms with Crippen molar-refractivity contribution in [1.29, 1.82) is 0 Å². The number of rotatable bonds is 2. The Labute approximate surface area is 117 Å². The molecule has 1 N–H and O–H groups in total. The van der Waals surface area contributed by atoms with Gasteiger partial charge in [-0.1, -0.05) is 20.8 Å². The summed E-state index contributed by atoms with van der Waals surface area (Å²) in [4.78, 5) is 2.72. The van der Waals surface area contributed by atoms with E-state index in [1.807, 2.05) is 0 Å². The molecule has 0 amide bonds. The van der Waals surface area contributed by atoms with Crippen LogP contribution in [-0.4, -0.2) is 47.6 Å². The fraction of sp³-hybridized carbons (Fsp3) is 1.00. The zero-order chi connectivity index (χ0) is 13.2. The van der Waals surface area contributed by atoms with Crippen LogP contribution in [0.5, 0.6) is 0 Å². The van der Waals surface area contributed by atoms with Gasteiger partial charge >= 0.3 is 0 Å². The van der Waals surface area contributed by atoms with Crippen molar-refractivity contribution in [2.24, 2.45) is 5.41 Å². The van der Waals surface area contributed by atoms with Gasteiger partial charge in [-0.25, -0.2) is 0 Å². The molecular formula is C15H30N2S. The minimum absolute atomic E-state index is 0.367. The zero-order valence-electron chi connectivity index (χ0n) is 12.6. The van der Waals surface area contributed by atoms with E-state index in [0.717, 1.165) is 0 Å². The maximum absolute atomic E-state index is 3.74. The van der Waals surface area contributed by atoms with E-state index in [2.05, 4.69) is 49.7 Å². The number of nitrogens with zero attached hydrogens (tertiary/aromatic N) is 1. The van der Waals surface area contributed by atoms with Crippen molar-refractivity contribution < 1.29 is 0 Å². The van der Waals surface area contributed by atoms with Crippen molar-refractivity contribution >= 4 is 11.8 Å². The van der Waals surface area contributed by atoms with Crippen LogP contribution < -0.4 is 5.32 Å². The van der Waals surface area contributed by atoms with Crippen LogP contribution in [0.3, 0.4) is 0 Å². The van der Waals surface area contributed by atoms with Crippen molar-refractivity contribution in [3.8, 4) is 0 Å². The zero-order valence-corrected chi connectivity index (χ0v) is 13.4. The average Bonchev–Trinajstić information content (AvgIpc) is 2.54. The van der Waals surface area contributed by atoms with E-state index in [-0.39, 0.29) is 0 Å². The Bertz CT molecular complexity index is 266. The highest BCUT2D eigenvalue weighted by Crippen LogP contribution is 2.38. The highest BCUT2D eigenvalue weighted by Gasteiger charge is 2.34. The van der Waals surface area contributed by atoms with E-state index >= 15 is 0 Å². The average molecular weight is 270 g/mol. The highest BCUT2D eigenvalue weighted by atomic mass is 32.2. The smallest absolute Gasteiger partial charge is 0.0259 e. The maximum Gasteiger partial charge on any atom is 0.0259 e. The van der Waals surface area contributed by atoms with Crippen LogP contribution in [0.25, 0.3) is 0 Å². The molecule has 2 fully saturated rings. The van der Waals surface area contributed by atoms with Gasteiger partial charge in [-0.3, -0.25) is 0 Å². The predicted octanol–water partition coefficient (Wildman–Crippen LogP) is 2.98. The minimum Gasteiger partial charge on any atom is -0.312 e. The van der Waals surface area contributed by atoms with Crippen LogP contribution in [0.15, 0.2) is 0 Å². The topological polar surface area (TPSA) is 15.3 Å². The molecule has 2 rings (SSSR count). The van der Waals surface area contributed by atoms with Crippen molar-refractivity contribution in [3.63, 3.8) is 0 Å². The third kappa shape index (κ3) is 3.88. The summed E-state index contributed by atoms with van der Waals surface area (Å²) in [7, 11) is 0. The Morgan fingerprint density at radius 1 is 1.33 bits per heavy atom. The van der Waals surface area contributed by atoms with Gasteiger partial charge in [0.05, 0.1) is 0 Å². The monoisotopic (exact) mass is 270 g/mol. The first-order valence-electron chi connectivity index (χ1n) is 7.49. The second-order valence-corrected chi connectivity index (χ2v) is 9.05. The van der Waals surface area contributed by atoms with Crippen molar-refractivity contribution in [1.82, 2.24) is 10.2 Å². The van der Waals surface area contributed by atoms with Gasteiger partial charge in [0.2, 0.25) is 0 Å². The summed E-state index contributed by atoms with van der Waals surface area (Å²) in [5.74, 6) is 1.37. The Morgan fingerprint density at radius 3 is 2.72 bits per heavy atom. The molecule has 0 saturated carbocycles. The SMILES string of the molecule is CC1(CN2CCCNC(C(C)(C)C)C2)CCCS1. The molecule has 2 aliphatic heterocycles. The van der Waals surface area contributed by atoms with Gasteiger partial charge in [0.15, 0.2) is 0 Å². The van der Waals surface area contributed by atoms with E-state index in [1.54, 1.807) is 0 Å². The Hall–Kier alpha value is 0.270. The van der Waals surface area contributed by atoms with Crippen molar-refractivity contribution in [2.75, 3.05) is 31.9 Å². The molecule has 2 saturated heterocycles. The molecule has 0 aromatic rings. The van der Waals surface area contributed by atoms with Gasteiger partial charge in [0.25, 0.3) is 0 Å². The van der Waals surface area contributed by atoms with Gasteiger partial charge in [0.1, 0.15) is 0 Å². The molecule has 18 heavy (non-hydrogen) atoms. The number of nitrogens with one attached hydrogen (secondary N) is 1. The molecule has 2 aliphatic rings. The van der Waals surface area contributed by atoms with Gasteiger partial charge < -0.3 is 10.2 Å². The second-order valence-electron chi connectivity index (χ2n) is 7.36. The number of thioether (sulfide) groups is 1. The largest absolute Gasteiger partial charge is 0.312 e. The normalized spacial score (nSPS) is 35.7. The van der Waals surface area contributed by atoms with Crippen LogP contribution in [0.2, 0.25) is 0 Å². The molecule has 106 valence electrons. The number of hydrogen-bond acceptors (Lipinski definition) is 3. The first-order chi connectivity index (χ1) is 8.39. The highest BCUT2D eigenvalue weighted by molar-refractivity contribution is 8.00. The molecule has 2 unspecified atom stereocenters. The van der Waals surface area contributed by atoms with Crippen molar-refractivity contribution in [3.05, 3.63) is 0 Å². The van der Waals surface area contributed by atoms with E-state index in [4.69, 9.17) is 0 Å². The fourth-order valence-corrected chi connectivity index (χ4v) is 4.50. The van der Waals surface area contributed by atoms with Crippen LogP contribution in [0, 0.1) is 5.41 Å². The molecule has 0 spiro atoms. The molecule has 2 heterocycles. The van der Waals surface area contributed by atoms with Crippen molar-refractivity contribution in [2.45, 2.75) is 57.7 Å². The van der Waals surface area contributed by atoms with Crippen LogP contribution in [0.4, 0.5) is 0 Å². The van der Waals surface area contributed by atoms with Crippen LogP contribution in [0.1, 0.15) is 47.0 Å². The molecule has 3 heteroatoms. The fourth-order valence-electron chi connectivity index (χ4n) is 3.15. The van der Waals surface area contributed by atoms with Gasteiger partial charge in [0, 0.05) is 23.9 Å². The maximum atomic E-state index is 3.74. The summed E-state index contributed by atoms with van der Waals surface area (Å²) in [5, 5.41) is 3.74. The molecular weight excluding hydrogens is 240 g/mol. The van der Waals surface area contributed by atoms with E-state index < -0.39 is 0 Å². The molecule has 0 aliphatic carbocycles. The summed E-state index contributed by atoms with van der Waals surface area (Å²) in [5.41, 5.74) is 0.367. The minimum atomic E-state index is 0.367. The first kappa shape index (κ1) is 14.7. The lowest BCUT2D eigenvalue weighted by atomic mass is 9.86. The first-order valence-corrected chi connectivity index (χ1v) is 8.47. The molecule has 0 bridgehead atoms. The molecule has 2 atom stereocenters. The molecule has 0 aromatic carbocycles. The van der Waals surface area contributed by atoms with Gasteiger partial charge in [-0.05, 0) is 50.4 Å². The summed E-state index contributed by atoms with van der Waals surface area (Å²) < 4.78 is 0.521. The molecule has 0 aromatic heterocycles. The standard InChI is InChI=1S/C15H30N2S/c1-14(2,3)13-11-17(9-6-8-16-13)12-15(4)7-5-10-18-15/h13,16H,5-12H2,1-4H3. The molecule has 0 radical (unpaired) electrons. The van der Waals surface area contributed by atoms with Crippen LogP contribution >= 0.6 is 11.8 Å². The third-order valence-corrected chi connectivity index (χ3v) is 5.91. The lowest BCUT2D eigenvalue weighted by molar-refractivity contribution is 0.186. The van der Waals surface area contributed by atoms with E-state index in [1.165, 1.54) is 51.2 Å². The van der Waals surface area contributed by atoms with Gasteiger partial charge in [-0.15, -0.1) is 0 Å². The lowest BCUT2D eigenvalue weighted by Gasteiger charge is -2.36. The second kappa shape index (κ2) is 5.72. The van der Waals surface area contributed by atoms with E-state index in [0.29, 0.717) is 16.2 Å². The summed E-state index contributed by atoms with van der Waals surface area (Å²) in [6.07, 6.45) is 4.12. The summed E-state index contributed by atoms with van der Waals surface area (Å²) in [6.45, 7) is 14.5. The number of hydrogen-bond donors (Lipinski definition) is 1. The van der Waals surface area contributed by atoms with Gasteiger partial charge in [-0.2, -0.15) is 11.8 Å². The predicted molar refractivity (Wildman–Crippen MR) is 82.4 cm³/mol. The molecule has 2 nitrogen and oxygen atoms in total.